The lowest BCUT2D eigenvalue weighted by Gasteiger charge is -2.31. The first-order valence-electron chi connectivity index (χ1n) is 8.11. The summed E-state index contributed by atoms with van der Waals surface area (Å²) in [6, 6.07) is 9.28. The van der Waals surface area contributed by atoms with Crippen LogP contribution in [0.25, 0.3) is 0 Å². The van der Waals surface area contributed by atoms with E-state index in [1.54, 1.807) is 24.3 Å². The van der Waals surface area contributed by atoms with Crippen molar-refractivity contribution in [3.05, 3.63) is 53.6 Å². The first-order valence-corrected chi connectivity index (χ1v) is 8.11. The normalized spacial score (nSPS) is 16.3. The van der Waals surface area contributed by atoms with Crippen LogP contribution < -0.4 is 14.2 Å². The molecule has 0 amide bonds. The molecule has 0 aromatic heterocycles. The zero-order valence-electron chi connectivity index (χ0n) is 14.5. The molecule has 0 N–H and O–H groups in total. The molecule has 0 spiro atoms. The van der Waals surface area contributed by atoms with Crippen LogP contribution in [0.5, 0.6) is 17.2 Å². The molecule has 9 heteroatoms. The Kier molecular flexibility index (Phi) is 5.01. The summed E-state index contributed by atoms with van der Waals surface area (Å²) in [7, 11) is 1.49. The number of methoxy groups -OCH3 is 1. The van der Waals surface area contributed by atoms with E-state index in [9.17, 15) is 27.2 Å². The first kappa shape index (κ1) is 19.7. The molecule has 0 saturated carbocycles. The molecule has 5 nitrogen and oxygen atoms in total. The minimum absolute atomic E-state index is 0.0640. The van der Waals surface area contributed by atoms with Gasteiger partial charge in [0.25, 0.3) is 0 Å². The molecule has 28 heavy (non-hydrogen) atoms. The van der Waals surface area contributed by atoms with E-state index in [4.69, 9.17) is 4.74 Å². The number of carbonyl (C=O) groups excluding carboxylic acids is 2. The van der Waals surface area contributed by atoms with E-state index in [0.717, 1.165) is 18.2 Å². The van der Waals surface area contributed by atoms with Gasteiger partial charge < -0.3 is 14.2 Å². The molecule has 0 atom stereocenters. The Labute approximate surface area is 156 Å². The molecule has 0 bridgehead atoms. The van der Waals surface area contributed by atoms with Crippen LogP contribution in [-0.4, -0.2) is 30.9 Å². The lowest BCUT2D eigenvalue weighted by atomic mass is 10.0. The molecule has 1 aliphatic rings. The lowest BCUT2D eigenvalue weighted by molar-refractivity contribution is -0.391. The second-order valence-corrected chi connectivity index (χ2v) is 5.97. The molecule has 0 saturated heterocycles. The molecular formula is C19H14F4O5. The second kappa shape index (κ2) is 7.14. The number of hydrogen-bond donors (Lipinski definition) is 0. The third kappa shape index (κ3) is 3.78. The van der Waals surface area contributed by atoms with Crippen LogP contribution >= 0.6 is 0 Å². The molecule has 1 aliphatic heterocycles. The third-order valence-electron chi connectivity index (χ3n) is 4.07. The Morgan fingerprint density at radius 1 is 0.821 bits per heavy atom. The van der Waals surface area contributed by atoms with Crippen molar-refractivity contribution in [2.75, 3.05) is 7.11 Å². The van der Waals surface area contributed by atoms with Crippen molar-refractivity contribution in [2.24, 2.45) is 0 Å². The maximum atomic E-state index is 13.3. The number of Topliss-reactive ketones (excluding diaryl/α,β-unsaturated/α-hetero) is 2. The predicted octanol–water partition coefficient (Wildman–Crippen LogP) is 4.50. The van der Waals surface area contributed by atoms with Gasteiger partial charge in [0.05, 0.1) is 7.11 Å². The van der Waals surface area contributed by atoms with Crippen LogP contribution in [0.1, 0.15) is 33.6 Å². The number of ether oxygens (including phenoxy) is 3. The number of rotatable bonds is 6. The summed E-state index contributed by atoms with van der Waals surface area (Å²) in [5.74, 6) is -1.54. The van der Waals surface area contributed by atoms with Gasteiger partial charge in [0.1, 0.15) is 5.75 Å². The van der Waals surface area contributed by atoms with Gasteiger partial charge in [-0.05, 0) is 42.5 Å². The van der Waals surface area contributed by atoms with Gasteiger partial charge in [-0.3, -0.25) is 9.59 Å². The van der Waals surface area contributed by atoms with Gasteiger partial charge in [0.2, 0.25) is 0 Å². The van der Waals surface area contributed by atoms with Crippen LogP contribution in [0.4, 0.5) is 17.6 Å². The van der Waals surface area contributed by atoms with Crippen molar-refractivity contribution in [2.45, 2.75) is 25.1 Å². The molecule has 2 aromatic rings. The van der Waals surface area contributed by atoms with Crippen LogP contribution in [0.2, 0.25) is 0 Å². The Bertz CT molecular complexity index is 909. The van der Waals surface area contributed by atoms with E-state index in [-0.39, 0.29) is 24.2 Å². The minimum Gasteiger partial charge on any atom is -0.497 e. The largest absolute Gasteiger partial charge is 0.507 e. The molecule has 0 aliphatic carbocycles. The van der Waals surface area contributed by atoms with Gasteiger partial charge in [-0.1, -0.05) is 0 Å². The van der Waals surface area contributed by atoms with E-state index in [0.29, 0.717) is 11.3 Å². The average molecular weight is 398 g/mol. The Balaban J connectivity index is 1.67. The smallest absolute Gasteiger partial charge is 0.497 e. The molecule has 1 heterocycles. The summed E-state index contributed by atoms with van der Waals surface area (Å²) >= 11 is 0. The zero-order chi connectivity index (χ0) is 20.5. The summed E-state index contributed by atoms with van der Waals surface area (Å²) in [5, 5.41) is 0. The van der Waals surface area contributed by atoms with Crippen molar-refractivity contribution < 1.29 is 41.4 Å². The standard InChI is InChI=1S/C19H14F4O5/c1-26-13-5-2-11(3-6-13)14(24)7-8-15(25)12-4-9-16-17(10-12)28-19(22,23)18(20,21)27-16/h2-6,9-10H,7-8H2,1H3. The average Bonchev–Trinajstić information content (AvgIpc) is 2.66. The maximum absolute atomic E-state index is 13.3. The highest BCUT2D eigenvalue weighted by Gasteiger charge is 2.65. The SMILES string of the molecule is COc1ccc(C(=O)CCC(=O)c2ccc3c(c2)OC(F)(F)C(F)(F)O3)cc1. The van der Waals surface area contributed by atoms with Crippen LogP contribution in [0.3, 0.4) is 0 Å². The van der Waals surface area contributed by atoms with Crippen LogP contribution in [0, 0.1) is 0 Å². The van der Waals surface area contributed by atoms with Crippen molar-refractivity contribution >= 4 is 11.6 Å². The Morgan fingerprint density at radius 2 is 1.32 bits per heavy atom. The molecule has 3 rings (SSSR count). The van der Waals surface area contributed by atoms with E-state index >= 15 is 0 Å². The summed E-state index contributed by atoms with van der Waals surface area (Å²) in [4.78, 5) is 24.4. The van der Waals surface area contributed by atoms with Crippen LogP contribution in [-0.2, 0) is 0 Å². The predicted molar refractivity (Wildman–Crippen MR) is 88.5 cm³/mol. The van der Waals surface area contributed by atoms with E-state index in [1.165, 1.54) is 7.11 Å². The highest BCUT2D eigenvalue weighted by atomic mass is 19.3. The van der Waals surface area contributed by atoms with Crippen molar-refractivity contribution in [1.82, 2.24) is 0 Å². The fourth-order valence-corrected chi connectivity index (χ4v) is 2.53. The Hall–Kier alpha value is -3.10. The highest BCUT2D eigenvalue weighted by molar-refractivity contribution is 6.02. The first-order chi connectivity index (χ1) is 13.1. The maximum Gasteiger partial charge on any atom is 0.507 e. The van der Waals surface area contributed by atoms with Crippen LogP contribution in [0.15, 0.2) is 42.5 Å². The van der Waals surface area contributed by atoms with E-state index in [2.05, 4.69) is 9.47 Å². The zero-order valence-corrected chi connectivity index (χ0v) is 14.5. The van der Waals surface area contributed by atoms with E-state index < -0.39 is 29.5 Å². The van der Waals surface area contributed by atoms with Crippen molar-refractivity contribution in [3.8, 4) is 17.2 Å². The topological polar surface area (TPSA) is 61.8 Å². The lowest BCUT2D eigenvalue weighted by Crippen LogP contribution is -2.52. The quantitative estimate of drug-likeness (QED) is 0.530. The van der Waals surface area contributed by atoms with Gasteiger partial charge in [-0.25, -0.2) is 0 Å². The number of ketones is 2. The number of alkyl halides is 4. The molecule has 0 fully saturated rings. The fraction of sp³-hybridized carbons (Fsp3) is 0.263. The van der Waals surface area contributed by atoms with Gasteiger partial charge in [-0.15, -0.1) is 0 Å². The second-order valence-electron chi connectivity index (χ2n) is 5.97. The molecule has 0 radical (unpaired) electrons. The monoisotopic (exact) mass is 398 g/mol. The number of halogens is 4. The fourth-order valence-electron chi connectivity index (χ4n) is 2.53. The molecule has 0 unspecified atom stereocenters. The van der Waals surface area contributed by atoms with Gasteiger partial charge in [0.15, 0.2) is 23.1 Å². The molecule has 2 aromatic carbocycles. The Morgan fingerprint density at radius 3 is 1.89 bits per heavy atom. The number of fused-ring (bicyclic) bond motifs is 1. The summed E-state index contributed by atoms with van der Waals surface area (Å²) in [6.07, 6.45) is -10.0. The van der Waals surface area contributed by atoms with E-state index in [1.807, 2.05) is 0 Å². The number of hydrogen-bond acceptors (Lipinski definition) is 5. The van der Waals surface area contributed by atoms with Gasteiger partial charge in [0, 0.05) is 24.0 Å². The number of carbonyl (C=O) groups is 2. The molecule has 148 valence electrons. The number of benzene rings is 2. The summed E-state index contributed by atoms with van der Waals surface area (Å²) in [6.45, 7) is 0. The summed E-state index contributed by atoms with van der Waals surface area (Å²) in [5.41, 5.74) is 0.323. The molecular weight excluding hydrogens is 384 g/mol. The van der Waals surface area contributed by atoms with Gasteiger partial charge in [-0.2, -0.15) is 17.6 Å². The summed E-state index contributed by atoms with van der Waals surface area (Å²) < 4.78 is 65.7. The van der Waals surface area contributed by atoms with Crippen molar-refractivity contribution in [1.29, 1.82) is 0 Å². The highest BCUT2D eigenvalue weighted by Crippen LogP contribution is 2.47. The van der Waals surface area contributed by atoms with Gasteiger partial charge >= 0.3 is 12.2 Å². The third-order valence-corrected chi connectivity index (χ3v) is 4.07. The van der Waals surface area contributed by atoms with Crippen molar-refractivity contribution in [3.63, 3.8) is 0 Å². The minimum atomic E-state index is -4.87.